The minimum atomic E-state index is 0.672. The fourth-order valence-electron chi connectivity index (χ4n) is 2.07. The average Bonchev–Trinajstić information content (AvgIpc) is 3.01. The maximum absolute atomic E-state index is 3.67. The molecule has 0 heterocycles. The number of hydrogen-bond donors (Lipinski definition) is 1. The Bertz CT molecular complexity index is 164. The number of nitrogens with one attached hydrogen (secondary N) is 1. The van der Waals surface area contributed by atoms with Gasteiger partial charge in [0.25, 0.3) is 0 Å². The van der Waals surface area contributed by atoms with E-state index in [0.29, 0.717) is 6.04 Å². The fourth-order valence-corrected chi connectivity index (χ4v) is 2.07. The van der Waals surface area contributed by atoms with Gasteiger partial charge >= 0.3 is 0 Å². The van der Waals surface area contributed by atoms with E-state index in [1.807, 2.05) is 0 Å². The lowest BCUT2D eigenvalue weighted by Gasteiger charge is -2.29. The van der Waals surface area contributed by atoms with E-state index in [0.717, 1.165) is 18.5 Å². The molecule has 1 saturated carbocycles. The molecule has 1 unspecified atom stereocenters. The Kier molecular flexibility index (Phi) is 5.62. The highest BCUT2D eigenvalue weighted by molar-refractivity contribution is 4.87. The van der Waals surface area contributed by atoms with Crippen LogP contribution in [0.1, 0.15) is 47.0 Å². The van der Waals surface area contributed by atoms with E-state index in [2.05, 4.69) is 37.9 Å². The van der Waals surface area contributed by atoms with Gasteiger partial charge in [0, 0.05) is 18.6 Å². The van der Waals surface area contributed by atoms with Crippen LogP contribution in [0.5, 0.6) is 0 Å². The zero-order valence-corrected chi connectivity index (χ0v) is 10.9. The van der Waals surface area contributed by atoms with Gasteiger partial charge in [0.1, 0.15) is 0 Å². The minimum absolute atomic E-state index is 0.672. The predicted octanol–water partition coefficient (Wildman–Crippen LogP) is 2.49. The van der Waals surface area contributed by atoms with Crippen LogP contribution in [0.3, 0.4) is 0 Å². The number of likely N-dealkylation sites (N-methyl/N-ethyl adjacent to an activating group) is 1. The average molecular weight is 212 g/mol. The summed E-state index contributed by atoms with van der Waals surface area (Å²) < 4.78 is 0. The van der Waals surface area contributed by atoms with E-state index in [4.69, 9.17) is 0 Å². The zero-order valence-electron chi connectivity index (χ0n) is 10.9. The van der Waals surface area contributed by atoms with Gasteiger partial charge in [-0.1, -0.05) is 27.7 Å². The van der Waals surface area contributed by atoms with Crippen LogP contribution in [0.25, 0.3) is 0 Å². The molecule has 1 aliphatic rings. The number of nitrogens with zero attached hydrogens (tertiary/aromatic N) is 1. The quantitative estimate of drug-likeness (QED) is 0.665. The SMILES string of the molecule is CCCNC(CN(CC)C1CC1)C(C)C. The van der Waals surface area contributed by atoms with Gasteiger partial charge in [-0.25, -0.2) is 0 Å². The lowest BCUT2D eigenvalue weighted by molar-refractivity contribution is 0.218. The van der Waals surface area contributed by atoms with E-state index >= 15 is 0 Å². The molecular weight excluding hydrogens is 184 g/mol. The summed E-state index contributed by atoms with van der Waals surface area (Å²) in [6.45, 7) is 12.8. The monoisotopic (exact) mass is 212 g/mol. The highest BCUT2D eigenvalue weighted by Gasteiger charge is 2.29. The van der Waals surface area contributed by atoms with E-state index < -0.39 is 0 Å². The van der Waals surface area contributed by atoms with Crippen molar-refractivity contribution in [1.82, 2.24) is 10.2 Å². The summed E-state index contributed by atoms with van der Waals surface area (Å²) in [6.07, 6.45) is 4.08. The minimum Gasteiger partial charge on any atom is -0.312 e. The molecule has 2 heteroatoms. The zero-order chi connectivity index (χ0) is 11.3. The molecule has 0 amide bonds. The third-order valence-electron chi connectivity index (χ3n) is 3.36. The highest BCUT2D eigenvalue weighted by Crippen LogP contribution is 2.27. The Morgan fingerprint density at radius 1 is 1.27 bits per heavy atom. The van der Waals surface area contributed by atoms with Crippen LogP contribution in [-0.4, -0.2) is 36.6 Å². The molecule has 1 rings (SSSR count). The van der Waals surface area contributed by atoms with Crippen molar-refractivity contribution in [3.63, 3.8) is 0 Å². The highest BCUT2D eigenvalue weighted by atomic mass is 15.2. The molecule has 90 valence electrons. The number of hydrogen-bond acceptors (Lipinski definition) is 2. The van der Waals surface area contributed by atoms with Crippen molar-refractivity contribution in [1.29, 1.82) is 0 Å². The van der Waals surface area contributed by atoms with Crippen LogP contribution in [0.4, 0.5) is 0 Å². The van der Waals surface area contributed by atoms with Gasteiger partial charge in [-0.05, 0) is 38.3 Å². The maximum Gasteiger partial charge on any atom is 0.0218 e. The molecule has 0 aromatic carbocycles. The van der Waals surface area contributed by atoms with E-state index in [1.165, 1.54) is 32.4 Å². The van der Waals surface area contributed by atoms with Crippen molar-refractivity contribution in [2.75, 3.05) is 19.6 Å². The van der Waals surface area contributed by atoms with Crippen molar-refractivity contribution >= 4 is 0 Å². The summed E-state index contributed by atoms with van der Waals surface area (Å²) in [7, 11) is 0. The molecule has 1 N–H and O–H groups in total. The standard InChI is InChI=1S/C13H28N2/c1-5-9-14-13(11(3)4)10-15(6-2)12-7-8-12/h11-14H,5-10H2,1-4H3. The first-order valence-corrected chi connectivity index (χ1v) is 6.66. The van der Waals surface area contributed by atoms with Gasteiger partial charge in [0.15, 0.2) is 0 Å². The first-order chi connectivity index (χ1) is 7.19. The Hall–Kier alpha value is -0.0800. The van der Waals surface area contributed by atoms with E-state index in [-0.39, 0.29) is 0 Å². The molecule has 0 saturated heterocycles. The van der Waals surface area contributed by atoms with Crippen LogP contribution >= 0.6 is 0 Å². The molecule has 1 atom stereocenters. The van der Waals surface area contributed by atoms with Crippen LogP contribution in [0, 0.1) is 5.92 Å². The topological polar surface area (TPSA) is 15.3 Å². The van der Waals surface area contributed by atoms with Crippen LogP contribution in [-0.2, 0) is 0 Å². The van der Waals surface area contributed by atoms with Crippen molar-refractivity contribution < 1.29 is 0 Å². The molecule has 0 radical (unpaired) electrons. The molecule has 0 aliphatic heterocycles. The Balaban J connectivity index is 2.33. The molecular formula is C13H28N2. The van der Waals surface area contributed by atoms with Gasteiger partial charge in [0.05, 0.1) is 0 Å². The smallest absolute Gasteiger partial charge is 0.0218 e. The summed E-state index contributed by atoms with van der Waals surface area (Å²) in [5.41, 5.74) is 0. The van der Waals surface area contributed by atoms with Crippen molar-refractivity contribution in [3.05, 3.63) is 0 Å². The first-order valence-electron chi connectivity index (χ1n) is 6.66. The third-order valence-corrected chi connectivity index (χ3v) is 3.36. The summed E-state index contributed by atoms with van der Waals surface area (Å²) >= 11 is 0. The van der Waals surface area contributed by atoms with Crippen LogP contribution in [0.15, 0.2) is 0 Å². The second-order valence-corrected chi connectivity index (χ2v) is 5.12. The largest absolute Gasteiger partial charge is 0.312 e. The molecule has 0 aromatic heterocycles. The first kappa shape index (κ1) is 13.0. The van der Waals surface area contributed by atoms with Gasteiger partial charge in [0.2, 0.25) is 0 Å². The van der Waals surface area contributed by atoms with Crippen LogP contribution < -0.4 is 5.32 Å². The van der Waals surface area contributed by atoms with Crippen LogP contribution in [0.2, 0.25) is 0 Å². The van der Waals surface area contributed by atoms with Gasteiger partial charge in [-0.2, -0.15) is 0 Å². The summed E-state index contributed by atoms with van der Waals surface area (Å²) in [5, 5.41) is 3.67. The maximum atomic E-state index is 3.67. The van der Waals surface area contributed by atoms with Crippen molar-refractivity contribution in [3.8, 4) is 0 Å². The second kappa shape index (κ2) is 6.49. The molecule has 15 heavy (non-hydrogen) atoms. The lowest BCUT2D eigenvalue weighted by Crippen LogP contribution is -2.45. The molecule has 2 nitrogen and oxygen atoms in total. The van der Waals surface area contributed by atoms with Gasteiger partial charge in [-0.3, -0.25) is 4.90 Å². The van der Waals surface area contributed by atoms with Crippen molar-refractivity contribution in [2.45, 2.75) is 59.0 Å². The number of rotatable bonds is 8. The molecule has 1 aliphatic carbocycles. The summed E-state index contributed by atoms with van der Waals surface area (Å²) in [6, 6.07) is 1.57. The van der Waals surface area contributed by atoms with Crippen molar-refractivity contribution in [2.24, 2.45) is 5.92 Å². The summed E-state index contributed by atoms with van der Waals surface area (Å²) in [4.78, 5) is 2.65. The Labute approximate surface area is 95.4 Å². The third kappa shape index (κ3) is 4.52. The molecule has 0 spiro atoms. The van der Waals surface area contributed by atoms with E-state index in [1.54, 1.807) is 0 Å². The van der Waals surface area contributed by atoms with Gasteiger partial charge < -0.3 is 5.32 Å². The predicted molar refractivity (Wildman–Crippen MR) is 67.2 cm³/mol. The Morgan fingerprint density at radius 3 is 2.33 bits per heavy atom. The Morgan fingerprint density at radius 2 is 1.93 bits per heavy atom. The van der Waals surface area contributed by atoms with Gasteiger partial charge in [-0.15, -0.1) is 0 Å². The summed E-state index contributed by atoms with van der Waals surface area (Å²) in [5.74, 6) is 0.740. The second-order valence-electron chi connectivity index (χ2n) is 5.12. The van der Waals surface area contributed by atoms with E-state index in [9.17, 15) is 0 Å². The molecule has 0 aromatic rings. The molecule has 0 bridgehead atoms. The fraction of sp³-hybridized carbons (Fsp3) is 1.00. The lowest BCUT2D eigenvalue weighted by atomic mass is 10.0. The molecule has 1 fully saturated rings. The normalized spacial score (nSPS) is 18.8.